The van der Waals surface area contributed by atoms with Crippen molar-refractivity contribution >= 4 is 11.9 Å². The molecule has 0 bridgehead atoms. The minimum atomic E-state index is 0.154. The molecule has 2 saturated heterocycles. The number of hydrogen-bond acceptors (Lipinski definition) is 5. The summed E-state index contributed by atoms with van der Waals surface area (Å²) in [5.74, 6) is 1.89. The second-order valence-corrected chi connectivity index (χ2v) is 7.21. The molecule has 1 aromatic heterocycles. The number of piperidine rings is 1. The van der Waals surface area contributed by atoms with E-state index in [-0.39, 0.29) is 6.10 Å². The molecule has 1 aliphatic carbocycles. The molecule has 1 aromatic rings. The van der Waals surface area contributed by atoms with Gasteiger partial charge in [0.2, 0.25) is 11.9 Å². The van der Waals surface area contributed by atoms with Crippen molar-refractivity contribution in [2.24, 2.45) is 11.8 Å². The summed E-state index contributed by atoms with van der Waals surface area (Å²) in [6.07, 6.45) is 8.10. The van der Waals surface area contributed by atoms with E-state index in [4.69, 9.17) is 4.74 Å². The Kier molecular flexibility index (Phi) is 4.39. The van der Waals surface area contributed by atoms with E-state index in [1.54, 1.807) is 0 Å². The molecule has 6 nitrogen and oxygen atoms in total. The molecule has 24 heavy (non-hydrogen) atoms. The van der Waals surface area contributed by atoms with Gasteiger partial charge in [-0.05, 0) is 31.2 Å². The van der Waals surface area contributed by atoms with Crippen molar-refractivity contribution in [3.8, 4) is 0 Å². The first-order valence-corrected chi connectivity index (χ1v) is 9.21. The maximum atomic E-state index is 12.3. The lowest BCUT2D eigenvalue weighted by molar-refractivity contribution is -0.138. The van der Waals surface area contributed by atoms with Gasteiger partial charge in [0.1, 0.15) is 0 Å². The van der Waals surface area contributed by atoms with Gasteiger partial charge in [0.25, 0.3) is 0 Å². The Morgan fingerprint density at radius 1 is 1.21 bits per heavy atom. The smallest absolute Gasteiger partial charge is 0.225 e. The van der Waals surface area contributed by atoms with Crippen molar-refractivity contribution in [1.29, 1.82) is 0 Å². The molecule has 4 rings (SSSR count). The number of amides is 1. The summed E-state index contributed by atoms with van der Waals surface area (Å²) < 4.78 is 6.09. The maximum Gasteiger partial charge on any atom is 0.225 e. The van der Waals surface area contributed by atoms with Crippen LogP contribution in [0.2, 0.25) is 0 Å². The fraction of sp³-hybridized carbons (Fsp3) is 0.722. The summed E-state index contributed by atoms with van der Waals surface area (Å²) in [5.41, 5.74) is 1.16. The Morgan fingerprint density at radius 3 is 2.71 bits per heavy atom. The zero-order valence-corrected chi connectivity index (χ0v) is 14.4. The van der Waals surface area contributed by atoms with Gasteiger partial charge in [0.05, 0.1) is 12.7 Å². The Labute approximate surface area is 143 Å². The average Bonchev–Trinajstić information content (AvgIpc) is 3.47. The van der Waals surface area contributed by atoms with E-state index in [2.05, 4.69) is 21.8 Å². The number of aromatic nitrogens is 2. The number of likely N-dealkylation sites (tertiary alicyclic amines) is 1. The predicted octanol–water partition coefficient (Wildman–Crippen LogP) is 1.50. The predicted molar refractivity (Wildman–Crippen MR) is 90.8 cm³/mol. The van der Waals surface area contributed by atoms with E-state index in [9.17, 15) is 4.79 Å². The molecule has 1 saturated carbocycles. The number of carbonyl (C=O) groups is 1. The van der Waals surface area contributed by atoms with E-state index in [0.717, 1.165) is 63.4 Å². The second-order valence-electron chi connectivity index (χ2n) is 7.21. The number of anilines is 1. The number of fused-ring (bicyclic) bond motifs is 1. The zero-order valence-electron chi connectivity index (χ0n) is 14.4. The molecule has 1 amide bonds. The van der Waals surface area contributed by atoms with Crippen molar-refractivity contribution < 1.29 is 9.53 Å². The lowest BCUT2D eigenvalue weighted by Gasteiger charge is -2.38. The molecule has 0 spiro atoms. The van der Waals surface area contributed by atoms with E-state index in [0.29, 0.717) is 24.3 Å². The number of hydrogen-bond donors (Lipinski definition) is 0. The molecule has 3 heterocycles. The van der Waals surface area contributed by atoms with Gasteiger partial charge >= 0.3 is 0 Å². The largest absolute Gasteiger partial charge is 0.374 e. The minimum absolute atomic E-state index is 0.154. The molecule has 0 radical (unpaired) electrons. The molecule has 2 atom stereocenters. The maximum absolute atomic E-state index is 12.3. The Balaban J connectivity index is 1.41. The van der Waals surface area contributed by atoms with Gasteiger partial charge in [-0.3, -0.25) is 4.79 Å². The SMILES string of the molecule is CCc1cnc(N2CCO[C@H]3CN(C(=O)C4CC4)CC[C@@H]3C2)nc1. The molecule has 3 fully saturated rings. The quantitative estimate of drug-likeness (QED) is 0.841. The summed E-state index contributed by atoms with van der Waals surface area (Å²) in [5, 5.41) is 0. The van der Waals surface area contributed by atoms with Gasteiger partial charge in [-0.15, -0.1) is 0 Å². The highest BCUT2D eigenvalue weighted by atomic mass is 16.5. The first-order chi connectivity index (χ1) is 11.7. The van der Waals surface area contributed by atoms with E-state index in [1.807, 2.05) is 17.3 Å². The van der Waals surface area contributed by atoms with Crippen molar-refractivity contribution in [2.75, 3.05) is 37.7 Å². The molecule has 2 aliphatic heterocycles. The zero-order chi connectivity index (χ0) is 16.5. The van der Waals surface area contributed by atoms with Crippen LogP contribution in [0.4, 0.5) is 5.95 Å². The van der Waals surface area contributed by atoms with Crippen LogP contribution >= 0.6 is 0 Å². The number of carbonyl (C=O) groups excluding carboxylic acids is 1. The third-order valence-corrected chi connectivity index (χ3v) is 5.46. The van der Waals surface area contributed by atoms with Crippen molar-refractivity contribution in [2.45, 2.75) is 38.7 Å². The highest BCUT2D eigenvalue weighted by Gasteiger charge is 2.39. The van der Waals surface area contributed by atoms with Gasteiger partial charge in [0, 0.05) is 50.4 Å². The van der Waals surface area contributed by atoms with Crippen LogP contribution in [0.1, 0.15) is 31.7 Å². The Hall–Kier alpha value is -1.69. The number of aryl methyl sites for hydroxylation is 1. The summed E-state index contributed by atoms with van der Waals surface area (Å²) >= 11 is 0. The number of rotatable bonds is 3. The van der Waals surface area contributed by atoms with E-state index >= 15 is 0 Å². The van der Waals surface area contributed by atoms with E-state index < -0.39 is 0 Å². The normalized spacial score (nSPS) is 27.5. The van der Waals surface area contributed by atoms with Crippen LogP contribution in [-0.2, 0) is 16.0 Å². The number of ether oxygens (including phenoxy) is 1. The third-order valence-electron chi connectivity index (χ3n) is 5.46. The monoisotopic (exact) mass is 330 g/mol. The van der Waals surface area contributed by atoms with Crippen LogP contribution in [0.5, 0.6) is 0 Å². The summed E-state index contributed by atoms with van der Waals surface area (Å²) in [7, 11) is 0. The second kappa shape index (κ2) is 6.67. The fourth-order valence-corrected chi connectivity index (χ4v) is 3.72. The summed E-state index contributed by atoms with van der Waals surface area (Å²) in [6.45, 7) is 6.13. The Morgan fingerprint density at radius 2 is 2.00 bits per heavy atom. The van der Waals surface area contributed by atoms with Crippen molar-refractivity contribution in [3.05, 3.63) is 18.0 Å². The fourth-order valence-electron chi connectivity index (χ4n) is 3.72. The first kappa shape index (κ1) is 15.8. The van der Waals surface area contributed by atoms with Crippen molar-refractivity contribution in [3.63, 3.8) is 0 Å². The topological polar surface area (TPSA) is 58.6 Å². The standard InChI is InChI=1S/C18H26N4O2/c1-2-13-9-19-18(20-10-13)22-7-8-24-16-12-21(6-5-15(16)11-22)17(23)14-3-4-14/h9-10,14-16H,2-8,11-12H2,1H3/t15-,16+/m1/s1. The molecule has 3 aliphatic rings. The van der Waals surface area contributed by atoms with Crippen LogP contribution in [-0.4, -0.2) is 59.7 Å². The van der Waals surface area contributed by atoms with Gasteiger partial charge in [-0.1, -0.05) is 6.92 Å². The summed E-state index contributed by atoms with van der Waals surface area (Å²) in [4.78, 5) is 25.6. The molecule has 0 aromatic carbocycles. The highest BCUT2D eigenvalue weighted by Crippen LogP contribution is 2.33. The minimum Gasteiger partial charge on any atom is -0.374 e. The molecule has 0 N–H and O–H groups in total. The average molecular weight is 330 g/mol. The van der Waals surface area contributed by atoms with Crippen LogP contribution in [0.25, 0.3) is 0 Å². The van der Waals surface area contributed by atoms with Crippen LogP contribution in [0.3, 0.4) is 0 Å². The van der Waals surface area contributed by atoms with Gasteiger partial charge in [0.15, 0.2) is 0 Å². The highest BCUT2D eigenvalue weighted by molar-refractivity contribution is 5.81. The van der Waals surface area contributed by atoms with Gasteiger partial charge < -0.3 is 14.5 Å². The van der Waals surface area contributed by atoms with Crippen LogP contribution in [0, 0.1) is 11.8 Å². The van der Waals surface area contributed by atoms with E-state index in [1.165, 1.54) is 0 Å². The first-order valence-electron chi connectivity index (χ1n) is 9.21. The number of nitrogens with zero attached hydrogens (tertiary/aromatic N) is 4. The van der Waals surface area contributed by atoms with Gasteiger partial charge in [-0.2, -0.15) is 0 Å². The molecular weight excluding hydrogens is 304 g/mol. The van der Waals surface area contributed by atoms with Crippen LogP contribution < -0.4 is 4.90 Å². The van der Waals surface area contributed by atoms with Crippen molar-refractivity contribution in [1.82, 2.24) is 14.9 Å². The molecule has 0 unspecified atom stereocenters. The third kappa shape index (κ3) is 3.24. The Bertz CT molecular complexity index is 587. The molecule has 130 valence electrons. The lowest BCUT2D eigenvalue weighted by atomic mass is 9.93. The molecular formula is C18H26N4O2. The lowest BCUT2D eigenvalue weighted by Crippen LogP contribution is -2.49. The summed E-state index contributed by atoms with van der Waals surface area (Å²) in [6, 6.07) is 0. The molecule has 6 heteroatoms. The van der Waals surface area contributed by atoms with Crippen LogP contribution in [0.15, 0.2) is 12.4 Å². The van der Waals surface area contributed by atoms with Gasteiger partial charge in [-0.25, -0.2) is 9.97 Å².